The molecule has 0 aliphatic heterocycles. The first-order valence-electron chi connectivity index (χ1n) is 3.26. The maximum atomic E-state index is 10.9. The Balaban J connectivity index is 0.00000169. The van der Waals surface area contributed by atoms with Gasteiger partial charge in [-0.2, -0.15) is 0 Å². The molecule has 1 radical (unpaired) electrons. The SMILES string of the molecule is O=C(O)c1[nH]c(=O)[nH]c(=O)c1CO.[K]. The van der Waals surface area contributed by atoms with E-state index in [1.807, 2.05) is 4.98 Å². The first kappa shape index (κ1) is 13.7. The Morgan fingerprint density at radius 1 is 1.29 bits per heavy atom. The van der Waals surface area contributed by atoms with Gasteiger partial charge in [-0.1, -0.05) is 0 Å². The van der Waals surface area contributed by atoms with Gasteiger partial charge in [0.05, 0.1) is 12.2 Å². The maximum absolute atomic E-state index is 10.9. The maximum Gasteiger partial charge on any atom is 0.353 e. The molecule has 0 saturated heterocycles. The average molecular weight is 225 g/mol. The average Bonchev–Trinajstić information content (AvgIpc) is 2.02. The zero-order chi connectivity index (χ0) is 10.0. The van der Waals surface area contributed by atoms with Crippen LogP contribution in [0.15, 0.2) is 9.59 Å². The van der Waals surface area contributed by atoms with Crippen LogP contribution in [-0.2, 0) is 6.61 Å². The van der Waals surface area contributed by atoms with E-state index in [4.69, 9.17) is 10.2 Å². The summed E-state index contributed by atoms with van der Waals surface area (Å²) in [4.78, 5) is 35.7. The van der Waals surface area contributed by atoms with Crippen LogP contribution >= 0.6 is 0 Å². The number of carboxylic acid groups (broad SMARTS) is 1. The Hall–Kier alpha value is -0.254. The van der Waals surface area contributed by atoms with Crippen LogP contribution in [-0.4, -0.2) is 77.5 Å². The van der Waals surface area contributed by atoms with Gasteiger partial charge < -0.3 is 15.2 Å². The number of hydrogen-bond donors (Lipinski definition) is 4. The van der Waals surface area contributed by atoms with Crippen LogP contribution in [0.4, 0.5) is 0 Å². The Bertz CT molecular complexity index is 448. The molecule has 7 nitrogen and oxygen atoms in total. The van der Waals surface area contributed by atoms with Crippen LogP contribution in [0.2, 0.25) is 0 Å². The van der Waals surface area contributed by atoms with Gasteiger partial charge in [0.2, 0.25) is 0 Å². The minimum absolute atomic E-state index is 0. The van der Waals surface area contributed by atoms with Gasteiger partial charge in [0.1, 0.15) is 5.69 Å². The molecule has 0 saturated carbocycles. The van der Waals surface area contributed by atoms with Crippen molar-refractivity contribution in [1.29, 1.82) is 0 Å². The number of carbonyl (C=O) groups is 1. The van der Waals surface area contributed by atoms with Gasteiger partial charge in [-0.3, -0.25) is 9.78 Å². The smallest absolute Gasteiger partial charge is 0.353 e. The molecule has 8 heteroatoms. The summed E-state index contributed by atoms with van der Waals surface area (Å²) >= 11 is 0. The molecule has 0 bridgehead atoms. The summed E-state index contributed by atoms with van der Waals surface area (Å²) < 4.78 is 0. The van der Waals surface area contributed by atoms with Crippen LogP contribution in [0.25, 0.3) is 0 Å². The van der Waals surface area contributed by atoms with Crippen molar-refractivity contribution in [3.8, 4) is 0 Å². The zero-order valence-corrected chi connectivity index (χ0v) is 10.4. The Morgan fingerprint density at radius 2 is 1.86 bits per heavy atom. The third-order valence-electron chi connectivity index (χ3n) is 1.41. The second-order valence-electron chi connectivity index (χ2n) is 2.23. The number of rotatable bonds is 2. The molecular formula is C6H6KN2O5. The van der Waals surface area contributed by atoms with E-state index in [1.165, 1.54) is 0 Å². The van der Waals surface area contributed by atoms with E-state index < -0.39 is 29.5 Å². The first-order valence-corrected chi connectivity index (χ1v) is 3.26. The van der Waals surface area contributed by atoms with E-state index in [9.17, 15) is 14.4 Å². The fraction of sp³-hybridized carbons (Fsp3) is 0.167. The molecule has 0 amide bonds. The molecule has 14 heavy (non-hydrogen) atoms. The summed E-state index contributed by atoms with van der Waals surface area (Å²) in [6, 6.07) is 0. The van der Waals surface area contributed by atoms with Crippen molar-refractivity contribution >= 4 is 57.4 Å². The van der Waals surface area contributed by atoms with E-state index in [0.717, 1.165) is 0 Å². The second kappa shape index (κ2) is 5.58. The number of aromatic carboxylic acids is 1. The number of carboxylic acids is 1. The van der Waals surface area contributed by atoms with Gasteiger partial charge in [0, 0.05) is 51.4 Å². The molecule has 0 fully saturated rings. The Kier molecular flexibility index (Phi) is 5.48. The quantitative estimate of drug-likeness (QED) is 0.428. The summed E-state index contributed by atoms with van der Waals surface area (Å²) in [5.41, 5.74) is -2.77. The largest absolute Gasteiger partial charge is 0.477 e. The molecule has 0 aromatic carbocycles. The molecule has 71 valence electrons. The number of aliphatic hydroxyl groups is 1. The van der Waals surface area contributed by atoms with Crippen molar-refractivity contribution in [3.63, 3.8) is 0 Å². The molecule has 1 aromatic heterocycles. The van der Waals surface area contributed by atoms with Crippen LogP contribution < -0.4 is 11.2 Å². The van der Waals surface area contributed by atoms with Crippen LogP contribution in [0, 0.1) is 0 Å². The van der Waals surface area contributed by atoms with Gasteiger partial charge in [0.15, 0.2) is 0 Å². The van der Waals surface area contributed by atoms with E-state index in [0.29, 0.717) is 0 Å². The van der Waals surface area contributed by atoms with Crippen LogP contribution in [0.5, 0.6) is 0 Å². The van der Waals surface area contributed by atoms with Crippen LogP contribution in [0.3, 0.4) is 0 Å². The third kappa shape index (κ3) is 2.87. The Labute approximate surface area is 120 Å². The molecule has 0 aliphatic carbocycles. The van der Waals surface area contributed by atoms with Crippen LogP contribution in [0.1, 0.15) is 16.1 Å². The van der Waals surface area contributed by atoms with Gasteiger partial charge in [-0.05, 0) is 0 Å². The van der Waals surface area contributed by atoms with Gasteiger partial charge in [-0.15, -0.1) is 0 Å². The number of aliphatic hydroxyl groups excluding tert-OH is 1. The summed E-state index contributed by atoms with van der Waals surface area (Å²) in [5, 5.41) is 17.1. The molecule has 0 atom stereocenters. The predicted molar refractivity (Wildman–Crippen MR) is 46.3 cm³/mol. The minimum atomic E-state index is -1.47. The number of hydrogen-bond acceptors (Lipinski definition) is 4. The zero-order valence-electron chi connectivity index (χ0n) is 7.33. The molecule has 1 aromatic rings. The Morgan fingerprint density at radius 3 is 2.29 bits per heavy atom. The molecule has 0 unspecified atom stereocenters. The number of nitrogens with one attached hydrogen (secondary N) is 2. The molecular weight excluding hydrogens is 219 g/mol. The fourth-order valence-electron chi connectivity index (χ4n) is 0.846. The number of aromatic nitrogens is 2. The van der Waals surface area contributed by atoms with E-state index >= 15 is 0 Å². The summed E-state index contributed by atoms with van der Waals surface area (Å²) in [6.45, 7) is -0.742. The van der Waals surface area contributed by atoms with Crippen molar-refractivity contribution in [2.24, 2.45) is 0 Å². The monoisotopic (exact) mass is 225 g/mol. The summed E-state index contributed by atoms with van der Waals surface area (Å²) in [5.74, 6) is -1.47. The van der Waals surface area contributed by atoms with Gasteiger partial charge in [0.25, 0.3) is 5.56 Å². The fourth-order valence-corrected chi connectivity index (χ4v) is 0.846. The minimum Gasteiger partial charge on any atom is -0.477 e. The molecule has 4 N–H and O–H groups in total. The first-order chi connectivity index (χ1) is 6.06. The van der Waals surface area contributed by atoms with Gasteiger partial charge >= 0.3 is 11.7 Å². The predicted octanol–water partition coefficient (Wildman–Crippen LogP) is -2.13. The van der Waals surface area contributed by atoms with E-state index in [1.54, 1.807) is 4.98 Å². The summed E-state index contributed by atoms with van der Waals surface area (Å²) in [7, 11) is 0. The summed E-state index contributed by atoms with van der Waals surface area (Å²) in [6.07, 6.45) is 0. The van der Waals surface area contributed by atoms with E-state index in [-0.39, 0.29) is 56.9 Å². The number of aromatic amines is 2. The second-order valence-corrected chi connectivity index (χ2v) is 2.23. The number of H-pyrrole nitrogens is 2. The normalized spacial score (nSPS) is 9.21. The molecule has 0 aliphatic rings. The van der Waals surface area contributed by atoms with Crippen molar-refractivity contribution in [3.05, 3.63) is 32.1 Å². The van der Waals surface area contributed by atoms with Crippen molar-refractivity contribution in [1.82, 2.24) is 9.97 Å². The van der Waals surface area contributed by atoms with Crippen molar-refractivity contribution in [2.45, 2.75) is 6.61 Å². The van der Waals surface area contributed by atoms with E-state index in [2.05, 4.69) is 0 Å². The topological polar surface area (TPSA) is 123 Å². The van der Waals surface area contributed by atoms with Crippen molar-refractivity contribution in [2.75, 3.05) is 0 Å². The molecule has 0 spiro atoms. The van der Waals surface area contributed by atoms with Crippen molar-refractivity contribution < 1.29 is 15.0 Å². The molecule has 1 rings (SSSR count). The molecule has 1 heterocycles. The van der Waals surface area contributed by atoms with Gasteiger partial charge in [-0.25, -0.2) is 9.59 Å². The third-order valence-corrected chi connectivity index (χ3v) is 1.41. The standard InChI is InChI=1S/C6H6N2O5.K/c9-1-2-3(5(11)12)7-6(13)8-4(2)10;/h9H,1H2,(H,11,12)(H2,7,8,10,13);.